The van der Waals surface area contributed by atoms with Gasteiger partial charge in [-0.2, -0.15) is 0 Å². The minimum absolute atomic E-state index is 0.581. The van der Waals surface area contributed by atoms with E-state index >= 15 is 0 Å². The van der Waals surface area contributed by atoms with Gasteiger partial charge in [-0.05, 0) is 37.0 Å². The highest BCUT2D eigenvalue weighted by Crippen LogP contribution is 2.28. The molecule has 0 N–H and O–H groups in total. The second-order valence-corrected chi connectivity index (χ2v) is 8.89. The number of thioether (sulfide) groups is 1. The van der Waals surface area contributed by atoms with E-state index in [4.69, 9.17) is 4.74 Å². The predicted octanol–water partition coefficient (Wildman–Crippen LogP) is 5.47. The van der Waals surface area contributed by atoms with E-state index < -0.39 is 0 Å². The summed E-state index contributed by atoms with van der Waals surface area (Å²) in [5.41, 5.74) is 2.95. The summed E-state index contributed by atoms with van der Waals surface area (Å²) in [7, 11) is 0. The maximum absolute atomic E-state index is 5.96. The number of hydrogen-bond donors (Lipinski definition) is 0. The molecule has 0 aliphatic heterocycles. The normalized spacial score (nSPS) is 15.2. The molecular formula is C21H25N3OS. The summed E-state index contributed by atoms with van der Waals surface area (Å²) in [6, 6.07) is 12.5. The number of nitrogens with zero attached hydrogens (tertiary/aromatic N) is 3. The fourth-order valence-corrected chi connectivity index (χ4v) is 4.32. The average molecular weight is 368 g/mol. The molecule has 0 atom stereocenters. The van der Waals surface area contributed by atoms with E-state index in [0.717, 1.165) is 23.5 Å². The molecule has 1 aliphatic carbocycles. The highest BCUT2D eigenvalue weighted by Gasteiger charge is 2.16. The first kappa shape index (κ1) is 17.4. The first-order valence-electron chi connectivity index (χ1n) is 9.44. The van der Waals surface area contributed by atoms with Crippen LogP contribution >= 0.6 is 11.8 Å². The molecule has 2 aromatic heterocycles. The van der Waals surface area contributed by atoms with Crippen LogP contribution in [0.3, 0.4) is 0 Å². The van der Waals surface area contributed by atoms with Crippen molar-refractivity contribution in [2.75, 3.05) is 6.61 Å². The lowest BCUT2D eigenvalue weighted by Crippen LogP contribution is -2.10. The Morgan fingerprint density at radius 2 is 1.88 bits per heavy atom. The fourth-order valence-electron chi connectivity index (χ4n) is 3.49. The molecule has 5 heteroatoms. The van der Waals surface area contributed by atoms with Crippen molar-refractivity contribution < 1.29 is 4.74 Å². The number of ether oxygens (including phenoxy) is 1. The summed E-state index contributed by atoms with van der Waals surface area (Å²) < 4.78 is 7.84. The molecule has 0 unspecified atom stereocenters. The molecule has 26 heavy (non-hydrogen) atoms. The first-order valence-corrected chi connectivity index (χ1v) is 10.3. The highest BCUT2D eigenvalue weighted by molar-refractivity contribution is 7.99. The third kappa shape index (κ3) is 3.88. The minimum Gasteiger partial charge on any atom is -0.476 e. The summed E-state index contributed by atoms with van der Waals surface area (Å²) in [6.45, 7) is 5.18. The number of benzene rings is 1. The van der Waals surface area contributed by atoms with E-state index in [1.165, 1.54) is 30.6 Å². The number of rotatable bonds is 6. The van der Waals surface area contributed by atoms with Gasteiger partial charge in [0.25, 0.3) is 0 Å². The van der Waals surface area contributed by atoms with Gasteiger partial charge >= 0.3 is 0 Å². The van der Waals surface area contributed by atoms with E-state index in [1.54, 1.807) is 0 Å². The molecule has 0 amide bonds. The molecule has 0 saturated heterocycles. The number of fused-ring (bicyclic) bond motifs is 1. The molecule has 1 aromatic carbocycles. The smallest absolute Gasteiger partial charge is 0.231 e. The van der Waals surface area contributed by atoms with Crippen molar-refractivity contribution in [3.63, 3.8) is 0 Å². The highest BCUT2D eigenvalue weighted by atomic mass is 32.2. The molecule has 1 saturated carbocycles. The minimum atomic E-state index is 0.581. The largest absolute Gasteiger partial charge is 0.476 e. The van der Waals surface area contributed by atoms with Gasteiger partial charge in [-0.1, -0.05) is 38.8 Å². The van der Waals surface area contributed by atoms with Crippen LogP contribution in [0.15, 0.2) is 47.5 Å². The molecule has 4 nitrogen and oxygen atoms in total. The Labute approximate surface area is 159 Å². The molecule has 0 radical (unpaired) electrons. The fraction of sp³-hybridized carbons (Fsp3) is 0.429. The van der Waals surface area contributed by atoms with Crippen molar-refractivity contribution >= 4 is 17.4 Å². The van der Waals surface area contributed by atoms with Crippen molar-refractivity contribution in [2.24, 2.45) is 5.92 Å². The van der Waals surface area contributed by atoms with Gasteiger partial charge in [-0.3, -0.25) is 0 Å². The summed E-state index contributed by atoms with van der Waals surface area (Å²) in [6.07, 6.45) is 7.10. The molecule has 1 fully saturated rings. The number of hydrogen-bond acceptors (Lipinski definition) is 4. The van der Waals surface area contributed by atoms with Gasteiger partial charge in [0.15, 0.2) is 5.65 Å². The zero-order chi connectivity index (χ0) is 17.9. The molecule has 1 aliphatic rings. The summed E-state index contributed by atoms with van der Waals surface area (Å²) in [4.78, 5) is 5.77. The predicted molar refractivity (Wildman–Crippen MR) is 107 cm³/mol. The van der Waals surface area contributed by atoms with Gasteiger partial charge < -0.3 is 4.74 Å². The lowest BCUT2D eigenvalue weighted by atomic mass is 10.1. The van der Waals surface area contributed by atoms with Crippen LogP contribution < -0.4 is 4.74 Å². The quantitative estimate of drug-likeness (QED) is 0.542. The Morgan fingerprint density at radius 3 is 2.62 bits per heavy atom. The summed E-state index contributed by atoms with van der Waals surface area (Å²) in [5.74, 6) is 1.36. The van der Waals surface area contributed by atoms with E-state index in [9.17, 15) is 0 Å². The Bertz CT molecular complexity index is 867. The van der Waals surface area contributed by atoms with Crippen molar-refractivity contribution in [1.82, 2.24) is 14.6 Å². The molecule has 136 valence electrons. The summed E-state index contributed by atoms with van der Waals surface area (Å²) >= 11 is 1.87. The van der Waals surface area contributed by atoms with Crippen LogP contribution in [0.5, 0.6) is 5.88 Å². The molecule has 0 spiro atoms. The van der Waals surface area contributed by atoms with Crippen molar-refractivity contribution in [1.29, 1.82) is 0 Å². The Balaban J connectivity index is 1.55. The van der Waals surface area contributed by atoms with Crippen LogP contribution in [0, 0.1) is 5.92 Å². The topological polar surface area (TPSA) is 39.4 Å². The standard InChI is InChI=1S/C21H25N3OS/c1-15(2)26-18-9-7-17(8-10-18)19-13-22-20-11-12-21(23-24(19)20)25-14-16-5-3-4-6-16/h7-13,15-16H,3-6,14H2,1-2H3. The van der Waals surface area contributed by atoms with Gasteiger partial charge in [-0.15, -0.1) is 16.9 Å². The lowest BCUT2D eigenvalue weighted by molar-refractivity contribution is 0.240. The lowest BCUT2D eigenvalue weighted by Gasteiger charge is -2.11. The zero-order valence-electron chi connectivity index (χ0n) is 15.4. The molecule has 4 rings (SSSR count). The second-order valence-electron chi connectivity index (χ2n) is 7.24. The van der Waals surface area contributed by atoms with E-state index in [1.807, 2.05) is 34.6 Å². The summed E-state index contributed by atoms with van der Waals surface area (Å²) in [5, 5.41) is 5.25. The monoisotopic (exact) mass is 367 g/mol. The van der Waals surface area contributed by atoms with Gasteiger partial charge in [-0.25, -0.2) is 9.50 Å². The van der Waals surface area contributed by atoms with Gasteiger partial charge in [0, 0.05) is 21.8 Å². The molecular weight excluding hydrogens is 342 g/mol. The van der Waals surface area contributed by atoms with E-state index in [2.05, 4.69) is 48.2 Å². The van der Waals surface area contributed by atoms with Gasteiger partial charge in [0.2, 0.25) is 5.88 Å². The molecule has 2 heterocycles. The van der Waals surface area contributed by atoms with Crippen LogP contribution in [-0.4, -0.2) is 26.5 Å². The van der Waals surface area contributed by atoms with Crippen LogP contribution in [0.2, 0.25) is 0 Å². The maximum Gasteiger partial charge on any atom is 0.231 e. The number of imidazole rings is 1. The van der Waals surface area contributed by atoms with Crippen LogP contribution in [0.25, 0.3) is 16.9 Å². The van der Waals surface area contributed by atoms with Gasteiger partial charge in [0.05, 0.1) is 18.5 Å². The zero-order valence-corrected chi connectivity index (χ0v) is 16.2. The Kier molecular flexibility index (Phi) is 5.16. The SMILES string of the molecule is CC(C)Sc1ccc(-c2cnc3ccc(OCC4CCCC4)nn23)cc1. The van der Waals surface area contributed by atoms with Crippen molar-refractivity contribution in [3.8, 4) is 17.1 Å². The second kappa shape index (κ2) is 7.70. The Morgan fingerprint density at radius 1 is 1.12 bits per heavy atom. The van der Waals surface area contributed by atoms with Crippen molar-refractivity contribution in [3.05, 3.63) is 42.6 Å². The third-order valence-electron chi connectivity index (χ3n) is 4.80. The van der Waals surface area contributed by atoms with E-state index in [0.29, 0.717) is 17.0 Å². The average Bonchev–Trinajstić information content (AvgIpc) is 3.29. The first-order chi connectivity index (χ1) is 12.7. The molecule has 3 aromatic rings. The van der Waals surface area contributed by atoms with Gasteiger partial charge in [0.1, 0.15) is 0 Å². The van der Waals surface area contributed by atoms with Crippen LogP contribution in [-0.2, 0) is 0 Å². The third-order valence-corrected chi connectivity index (χ3v) is 5.82. The Hall–Kier alpha value is -2.01. The van der Waals surface area contributed by atoms with Crippen LogP contribution in [0.4, 0.5) is 0 Å². The maximum atomic E-state index is 5.96. The molecule has 0 bridgehead atoms. The van der Waals surface area contributed by atoms with Crippen molar-refractivity contribution in [2.45, 2.75) is 49.7 Å². The number of aromatic nitrogens is 3. The van der Waals surface area contributed by atoms with E-state index in [-0.39, 0.29) is 0 Å². The van der Waals surface area contributed by atoms with Crippen LogP contribution in [0.1, 0.15) is 39.5 Å².